The maximum absolute atomic E-state index is 12.1. The molecule has 6 nitrogen and oxygen atoms in total. The molecule has 126 valence electrons. The van der Waals surface area contributed by atoms with Gasteiger partial charge in [0.2, 0.25) is 5.91 Å². The normalized spacial score (nSPS) is 13.3. The highest BCUT2D eigenvalue weighted by atomic mass is 35.5. The third-order valence-corrected chi connectivity index (χ3v) is 3.42. The lowest BCUT2D eigenvalue weighted by Gasteiger charge is -2.20. The van der Waals surface area contributed by atoms with E-state index in [0.717, 1.165) is 0 Å². The fourth-order valence-electron chi connectivity index (χ4n) is 1.94. The molecule has 2 amide bonds. The van der Waals surface area contributed by atoms with E-state index >= 15 is 0 Å². The molecule has 0 aliphatic rings. The van der Waals surface area contributed by atoms with Crippen molar-refractivity contribution in [1.29, 1.82) is 0 Å². The number of carboxylic acid groups (broad SMARTS) is 1. The van der Waals surface area contributed by atoms with Gasteiger partial charge in [-0.2, -0.15) is 0 Å². The van der Waals surface area contributed by atoms with Gasteiger partial charge in [0.05, 0.1) is 0 Å². The molecule has 0 aliphatic heterocycles. The number of aliphatic carboxylic acids is 1. The first kappa shape index (κ1) is 19.0. The molecule has 0 saturated carbocycles. The second kappa shape index (κ2) is 8.53. The average Bonchev–Trinajstić information content (AvgIpc) is 2.46. The van der Waals surface area contributed by atoms with Crippen molar-refractivity contribution in [2.24, 2.45) is 5.92 Å². The first-order chi connectivity index (χ1) is 10.7. The third kappa shape index (κ3) is 6.28. The van der Waals surface area contributed by atoms with Crippen LogP contribution in [-0.4, -0.2) is 35.0 Å². The fourth-order valence-corrected chi connectivity index (χ4v) is 2.06. The minimum atomic E-state index is -1.09. The molecule has 7 heteroatoms. The lowest BCUT2D eigenvalue weighted by Crippen LogP contribution is -2.50. The quantitative estimate of drug-likeness (QED) is 0.708. The van der Waals surface area contributed by atoms with E-state index in [1.165, 1.54) is 6.92 Å². The van der Waals surface area contributed by atoms with Gasteiger partial charge in [-0.25, -0.2) is 4.79 Å². The summed E-state index contributed by atoms with van der Waals surface area (Å²) in [5, 5.41) is 14.6. The molecule has 0 aliphatic carbocycles. The molecule has 23 heavy (non-hydrogen) atoms. The molecule has 0 aromatic heterocycles. The van der Waals surface area contributed by atoms with Gasteiger partial charge in [-0.05, 0) is 43.5 Å². The topological polar surface area (TPSA) is 95.5 Å². The van der Waals surface area contributed by atoms with E-state index < -0.39 is 29.9 Å². The fraction of sp³-hybridized carbons (Fsp3) is 0.438. The predicted molar refractivity (Wildman–Crippen MR) is 87.4 cm³/mol. The molecule has 1 aromatic rings. The maximum atomic E-state index is 12.1. The van der Waals surface area contributed by atoms with Gasteiger partial charge < -0.3 is 15.7 Å². The van der Waals surface area contributed by atoms with E-state index in [9.17, 15) is 14.4 Å². The number of hydrogen-bond donors (Lipinski definition) is 3. The van der Waals surface area contributed by atoms with Crippen LogP contribution >= 0.6 is 11.6 Å². The van der Waals surface area contributed by atoms with Crippen LogP contribution in [0.15, 0.2) is 24.3 Å². The summed E-state index contributed by atoms with van der Waals surface area (Å²) in [6, 6.07) is 4.40. The Kier molecular flexibility index (Phi) is 7.03. The van der Waals surface area contributed by atoms with Gasteiger partial charge in [-0.15, -0.1) is 0 Å². The van der Waals surface area contributed by atoms with Gasteiger partial charge in [-0.1, -0.05) is 25.4 Å². The molecule has 0 bridgehead atoms. The molecule has 2 atom stereocenters. The van der Waals surface area contributed by atoms with Crippen LogP contribution in [0.25, 0.3) is 0 Å². The molecule has 0 spiro atoms. The van der Waals surface area contributed by atoms with Crippen LogP contribution in [0.2, 0.25) is 5.02 Å². The third-order valence-electron chi connectivity index (χ3n) is 3.17. The molecule has 1 unspecified atom stereocenters. The minimum Gasteiger partial charge on any atom is -0.480 e. The molecule has 0 heterocycles. The summed E-state index contributed by atoms with van der Waals surface area (Å²) < 4.78 is 0. The first-order valence-electron chi connectivity index (χ1n) is 7.30. The Morgan fingerprint density at radius 2 is 1.65 bits per heavy atom. The van der Waals surface area contributed by atoms with Crippen molar-refractivity contribution in [3.05, 3.63) is 34.9 Å². The second-order valence-corrected chi connectivity index (χ2v) is 6.17. The Morgan fingerprint density at radius 1 is 1.09 bits per heavy atom. The molecule has 1 rings (SSSR count). The summed E-state index contributed by atoms with van der Waals surface area (Å²) >= 11 is 5.75. The van der Waals surface area contributed by atoms with E-state index in [1.807, 2.05) is 13.8 Å². The standard InChI is InChI=1S/C16H21ClN2O4/c1-9(2)8-13(16(22)23)19-14(20)10(3)18-15(21)11-4-6-12(17)7-5-11/h4-7,9-10,13H,8H2,1-3H3,(H,18,21)(H,19,20)(H,22,23)/t10?,13-/m0/s1. The van der Waals surface area contributed by atoms with Crippen molar-refractivity contribution < 1.29 is 19.5 Å². The van der Waals surface area contributed by atoms with Gasteiger partial charge >= 0.3 is 5.97 Å². The SMILES string of the molecule is CC(C)C[C@H](NC(=O)C(C)NC(=O)c1ccc(Cl)cc1)C(=O)O. The van der Waals surface area contributed by atoms with Crippen molar-refractivity contribution in [1.82, 2.24) is 10.6 Å². The monoisotopic (exact) mass is 340 g/mol. The number of carbonyl (C=O) groups is 3. The zero-order valence-corrected chi connectivity index (χ0v) is 14.1. The minimum absolute atomic E-state index is 0.121. The lowest BCUT2D eigenvalue weighted by atomic mass is 10.0. The summed E-state index contributed by atoms with van der Waals surface area (Å²) in [6.07, 6.45) is 0.318. The molecule has 3 N–H and O–H groups in total. The number of carbonyl (C=O) groups excluding carboxylic acids is 2. The molecular weight excluding hydrogens is 320 g/mol. The van der Waals surface area contributed by atoms with Crippen LogP contribution in [0.4, 0.5) is 0 Å². The summed E-state index contributed by atoms with van der Waals surface area (Å²) in [7, 11) is 0. The highest BCUT2D eigenvalue weighted by Gasteiger charge is 2.24. The summed E-state index contributed by atoms with van der Waals surface area (Å²) in [6.45, 7) is 5.24. The maximum Gasteiger partial charge on any atom is 0.326 e. The van der Waals surface area contributed by atoms with Gasteiger partial charge in [0.15, 0.2) is 0 Å². The largest absolute Gasteiger partial charge is 0.480 e. The van der Waals surface area contributed by atoms with Crippen LogP contribution in [0.3, 0.4) is 0 Å². The Morgan fingerprint density at radius 3 is 2.13 bits per heavy atom. The number of rotatable bonds is 7. The zero-order valence-electron chi connectivity index (χ0n) is 13.3. The molecule has 1 aromatic carbocycles. The number of benzene rings is 1. The Hall–Kier alpha value is -2.08. The number of halogens is 1. The van der Waals surface area contributed by atoms with Crippen molar-refractivity contribution >= 4 is 29.4 Å². The summed E-state index contributed by atoms with van der Waals surface area (Å²) in [5.74, 6) is -1.95. The van der Waals surface area contributed by atoms with E-state index in [-0.39, 0.29) is 5.92 Å². The molecule has 0 fully saturated rings. The number of amides is 2. The van der Waals surface area contributed by atoms with E-state index in [4.69, 9.17) is 16.7 Å². The van der Waals surface area contributed by atoms with Crippen LogP contribution in [0.1, 0.15) is 37.6 Å². The molecule has 0 radical (unpaired) electrons. The molecule has 0 saturated heterocycles. The lowest BCUT2D eigenvalue weighted by molar-refractivity contribution is -0.142. The van der Waals surface area contributed by atoms with Gasteiger partial charge in [0, 0.05) is 10.6 Å². The Balaban J connectivity index is 2.63. The van der Waals surface area contributed by atoms with E-state index in [1.54, 1.807) is 24.3 Å². The zero-order chi connectivity index (χ0) is 17.6. The van der Waals surface area contributed by atoms with Crippen molar-refractivity contribution in [3.8, 4) is 0 Å². The van der Waals surface area contributed by atoms with Crippen LogP contribution in [0, 0.1) is 5.92 Å². The van der Waals surface area contributed by atoms with Crippen LogP contribution in [-0.2, 0) is 9.59 Å². The van der Waals surface area contributed by atoms with Gasteiger partial charge in [-0.3, -0.25) is 9.59 Å². The van der Waals surface area contributed by atoms with Crippen LogP contribution in [0.5, 0.6) is 0 Å². The van der Waals surface area contributed by atoms with E-state index in [0.29, 0.717) is 17.0 Å². The average molecular weight is 341 g/mol. The highest BCUT2D eigenvalue weighted by molar-refractivity contribution is 6.30. The number of nitrogens with one attached hydrogen (secondary N) is 2. The van der Waals surface area contributed by atoms with Crippen molar-refractivity contribution in [2.45, 2.75) is 39.3 Å². The molecular formula is C16H21ClN2O4. The first-order valence-corrected chi connectivity index (χ1v) is 7.68. The van der Waals surface area contributed by atoms with Crippen molar-refractivity contribution in [3.63, 3.8) is 0 Å². The Bertz CT molecular complexity index is 572. The highest BCUT2D eigenvalue weighted by Crippen LogP contribution is 2.10. The smallest absolute Gasteiger partial charge is 0.326 e. The number of carboxylic acids is 1. The summed E-state index contributed by atoms with van der Waals surface area (Å²) in [4.78, 5) is 35.2. The van der Waals surface area contributed by atoms with Crippen molar-refractivity contribution in [2.75, 3.05) is 0 Å². The number of hydrogen-bond acceptors (Lipinski definition) is 3. The van der Waals surface area contributed by atoms with Gasteiger partial charge in [0.1, 0.15) is 12.1 Å². The van der Waals surface area contributed by atoms with Gasteiger partial charge in [0.25, 0.3) is 5.91 Å². The predicted octanol–water partition coefficient (Wildman–Crippen LogP) is 2.07. The van der Waals surface area contributed by atoms with Crippen LogP contribution < -0.4 is 10.6 Å². The Labute approximate surface area is 140 Å². The van der Waals surface area contributed by atoms with E-state index in [2.05, 4.69) is 10.6 Å². The summed E-state index contributed by atoms with van der Waals surface area (Å²) in [5.41, 5.74) is 0.367. The second-order valence-electron chi connectivity index (χ2n) is 5.73.